The van der Waals surface area contributed by atoms with E-state index in [1.165, 1.54) is 13.8 Å². The minimum absolute atomic E-state index is 0.154. The van der Waals surface area contributed by atoms with Crippen LogP contribution >= 0.6 is 0 Å². The summed E-state index contributed by atoms with van der Waals surface area (Å²) in [6.45, 7) is 3.28. The second kappa shape index (κ2) is 13.3. The summed E-state index contributed by atoms with van der Waals surface area (Å²) >= 11 is 0. The van der Waals surface area contributed by atoms with Gasteiger partial charge >= 0.3 is 5.97 Å². The van der Waals surface area contributed by atoms with Gasteiger partial charge in [-0.1, -0.05) is 30.3 Å². The van der Waals surface area contributed by atoms with Crippen molar-refractivity contribution in [2.45, 2.75) is 63.7 Å². The fraction of sp³-hybridized carbons (Fsp3) is 0.524. The first-order valence-corrected chi connectivity index (χ1v) is 10.3. The number of benzene rings is 1. The number of hydrogen-bond donors (Lipinski definition) is 6. The summed E-state index contributed by atoms with van der Waals surface area (Å²) in [6.07, 6.45) is 1.75. The van der Waals surface area contributed by atoms with Gasteiger partial charge in [0, 0.05) is 6.42 Å². The first-order chi connectivity index (χ1) is 14.6. The number of rotatable bonds is 13. The lowest BCUT2D eigenvalue weighted by Gasteiger charge is -2.24. The van der Waals surface area contributed by atoms with E-state index < -0.39 is 47.9 Å². The Kier molecular flexibility index (Phi) is 11.2. The Morgan fingerprint density at radius 2 is 1.48 bits per heavy atom. The molecular weight excluding hydrogens is 402 g/mol. The minimum Gasteiger partial charge on any atom is -0.480 e. The molecule has 0 heterocycles. The molecule has 0 saturated carbocycles. The van der Waals surface area contributed by atoms with Crippen molar-refractivity contribution in [3.8, 4) is 0 Å². The van der Waals surface area contributed by atoms with Crippen LogP contribution in [0.15, 0.2) is 30.3 Å². The fourth-order valence-corrected chi connectivity index (χ4v) is 2.77. The molecule has 4 unspecified atom stereocenters. The number of aliphatic carboxylic acids is 1. The van der Waals surface area contributed by atoms with Crippen molar-refractivity contribution in [2.75, 3.05) is 6.54 Å². The van der Waals surface area contributed by atoms with Crippen LogP contribution in [0.5, 0.6) is 0 Å². The summed E-state index contributed by atoms with van der Waals surface area (Å²) in [5.41, 5.74) is 11.9. The molecule has 0 spiro atoms. The Balaban J connectivity index is 2.99. The third kappa shape index (κ3) is 9.58. The minimum atomic E-state index is -1.19. The van der Waals surface area contributed by atoms with Gasteiger partial charge in [0.1, 0.15) is 18.1 Å². The van der Waals surface area contributed by atoms with Crippen LogP contribution in [0, 0.1) is 0 Å². The lowest BCUT2D eigenvalue weighted by molar-refractivity contribution is -0.141. The molecule has 0 aliphatic carbocycles. The van der Waals surface area contributed by atoms with Gasteiger partial charge in [-0.05, 0) is 45.2 Å². The second-order valence-electron chi connectivity index (χ2n) is 7.45. The van der Waals surface area contributed by atoms with E-state index >= 15 is 0 Å². The summed E-state index contributed by atoms with van der Waals surface area (Å²) in [5.74, 6) is -2.87. The summed E-state index contributed by atoms with van der Waals surface area (Å²) in [5, 5.41) is 16.7. The maximum absolute atomic E-state index is 12.9. The molecule has 31 heavy (non-hydrogen) atoms. The van der Waals surface area contributed by atoms with Crippen LogP contribution in [-0.2, 0) is 25.6 Å². The molecule has 1 rings (SSSR count). The van der Waals surface area contributed by atoms with Crippen LogP contribution in [0.2, 0.25) is 0 Å². The Morgan fingerprint density at radius 1 is 0.903 bits per heavy atom. The van der Waals surface area contributed by atoms with E-state index in [2.05, 4.69) is 16.0 Å². The standard InChI is InChI=1S/C21H33N5O5/c1-13(23)18(27)25-16(10-6-7-11-22)19(28)26-17(12-15-8-4-3-5-9-15)20(29)24-14(2)21(30)31/h3-5,8-9,13-14,16-17H,6-7,10-12,22-23H2,1-2H3,(H,24,29)(H,25,27)(H,26,28)(H,30,31). The Labute approximate surface area is 182 Å². The maximum Gasteiger partial charge on any atom is 0.325 e. The van der Waals surface area contributed by atoms with Gasteiger partial charge in [0.2, 0.25) is 17.7 Å². The maximum atomic E-state index is 12.9. The van der Waals surface area contributed by atoms with Gasteiger partial charge in [-0.2, -0.15) is 0 Å². The number of carbonyl (C=O) groups is 4. The van der Waals surface area contributed by atoms with Crippen molar-refractivity contribution >= 4 is 23.7 Å². The zero-order chi connectivity index (χ0) is 23.4. The number of carbonyl (C=O) groups excluding carboxylic acids is 3. The number of unbranched alkanes of at least 4 members (excludes halogenated alkanes) is 1. The fourth-order valence-electron chi connectivity index (χ4n) is 2.77. The van der Waals surface area contributed by atoms with Crippen molar-refractivity contribution in [2.24, 2.45) is 11.5 Å². The van der Waals surface area contributed by atoms with Gasteiger partial charge in [-0.3, -0.25) is 19.2 Å². The van der Waals surface area contributed by atoms with E-state index in [0.29, 0.717) is 25.8 Å². The summed E-state index contributed by atoms with van der Waals surface area (Å²) in [4.78, 5) is 48.8. The molecule has 0 aliphatic rings. The van der Waals surface area contributed by atoms with Crippen LogP contribution in [0.1, 0.15) is 38.7 Å². The van der Waals surface area contributed by atoms with Crippen LogP contribution in [0.25, 0.3) is 0 Å². The van der Waals surface area contributed by atoms with Crippen LogP contribution < -0.4 is 27.4 Å². The van der Waals surface area contributed by atoms with Crippen molar-refractivity contribution in [1.82, 2.24) is 16.0 Å². The number of carboxylic acid groups (broad SMARTS) is 1. The topological polar surface area (TPSA) is 177 Å². The summed E-state index contributed by atoms with van der Waals surface area (Å²) in [7, 11) is 0. The van der Waals surface area contributed by atoms with E-state index in [1.54, 1.807) is 24.3 Å². The molecule has 0 bridgehead atoms. The molecular formula is C21H33N5O5. The Morgan fingerprint density at radius 3 is 2.03 bits per heavy atom. The Bertz CT molecular complexity index is 741. The van der Waals surface area contributed by atoms with Gasteiger partial charge in [0.25, 0.3) is 0 Å². The molecule has 0 saturated heterocycles. The highest BCUT2D eigenvalue weighted by Gasteiger charge is 2.28. The van der Waals surface area contributed by atoms with Gasteiger partial charge in [-0.15, -0.1) is 0 Å². The van der Waals surface area contributed by atoms with Crippen LogP contribution in [-0.4, -0.2) is 59.5 Å². The highest BCUT2D eigenvalue weighted by Crippen LogP contribution is 2.07. The number of hydrogen-bond acceptors (Lipinski definition) is 6. The van der Waals surface area contributed by atoms with Gasteiger partial charge in [0.15, 0.2) is 0 Å². The first kappa shape index (κ1) is 26.1. The van der Waals surface area contributed by atoms with Gasteiger partial charge in [0.05, 0.1) is 6.04 Å². The molecule has 0 radical (unpaired) electrons. The van der Waals surface area contributed by atoms with E-state index in [-0.39, 0.29) is 6.42 Å². The van der Waals surface area contributed by atoms with Crippen LogP contribution in [0.3, 0.4) is 0 Å². The normalized spacial score (nSPS) is 14.6. The first-order valence-electron chi connectivity index (χ1n) is 10.3. The average molecular weight is 436 g/mol. The molecule has 4 atom stereocenters. The molecule has 0 aliphatic heterocycles. The van der Waals surface area contributed by atoms with Gasteiger partial charge < -0.3 is 32.5 Å². The zero-order valence-electron chi connectivity index (χ0n) is 18.0. The molecule has 1 aromatic rings. The Hall–Kier alpha value is -2.98. The summed E-state index contributed by atoms with van der Waals surface area (Å²) in [6, 6.07) is 5.16. The smallest absolute Gasteiger partial charge is 0.325 e. The number of amides is 3. The number of carboxylic acids is 1. The largest absolute Gasteiger partial charge is 0.480 e. The summed E-state index contributed by atoms with van der Waals surface area (Å²) < 4.78 is 0. The van der Waals surface area contributed by atoms with Gasteiger partial charge in [-0.25, -0.2) is 0 Å². The number of nitrogens with one attached hydrogen (secondary N) is 3. The van der Waals surface area contributed by atoms with Crippen molar-refractivity contribution in [1.29, 1.82) is 0 Å². The molecule has 172 valence electrons. The second-order valence-corrected chi connectivity index (χ2v) is 7.45. The molecule has 10 nitrogen and oxygen atoms in total. The molecule has 0 fully saturated rings. The monoisotopic (exact) mass is 435 g/mol. The molecule has 10 heteroatoms. The predicted octanol–water partition coefficient (Wildman–Crippen LogP) is -0.736. The van der Waals surface area contributed by atoms with E-state index in [4.69, 9.17) is 16.6 Å². The van der Waals surface area contributed by atoms with E-state index in [9.17, 15) is 19.2 Å². The van der Waals surface area contributed by atoms with E-state index in [0.717, 1.165) is 5.56 Å². The molecule has 3 amide bonds. The molecule has 1 aromatic carbocycles. The van der Waals surface area contributed by atoms with Crippen molar-refractivity contribution < 1.29 is 24.3 Å². The third-order valence-electron chi connectivity index (χ3n) is 4.64. The lowest BCUT2D eigenvalue weighted by Crippen LogP contribution is -2.57. The SMILES string of the molecule is CC(N)C(=O)NC(CCCCN)C(=O)NC(Cc1ccccc1)C(=O)NC(C)C(=O)O. The van der Waals surface area contributed by atoms with Crippen molar-refractivity contribution in [3.05, 3.63) is 35.9 Å². The van der Waals surface area contributed by atoms with Crippen molar-refractivity contribution in [3.63, 3.8) is 0 Å². The van der Waals surface area contributed by atoms with E-state index in [1.807, 2.05) is 6.07 Å². The highest BCUT2D eigenvalue weighted by atomic mass is 16.4. The molecule has 0 aromatic heterocycles. The lowest BCUT2D eigenvalue weighted by atomic mass is 10.0. The average Bonchev–Trinajstić information content (AvgIpc) is 2.72. The van der Waals surface area contributed by atoms with Crippen LogP contribution in [0.4, 0.5) is 0 Å². The number of nitrogens with two attached hydrogens (primary N) is 2. The highest BCUT2D eigenvalue weighted by molar-refractivity contribution is 5.94. The molecule has 8 N–H and O–H groups in total. The predicted molar refractivity (Wildman–Crippen MR) is 116 cm³/mol. The zero-order valence-corrected chi connectivity index (χ0v) is 18.0. The quantitative estimate of drug-likeness (QED) is 0.221. The third-order valence-corrected chi connectivity index (χ3v) is 4.64.